The second-order valence-corrected chi connectivity index (χ2v) is 11.9. The largest absolute Gasteiger partial charge is 0.416 e. The number of nitrogens with zero attached hydrogens (tertiary/aromatic N) is 5. The number of thioether (sulfide) groups is 1. The second kappa shape index (κ2) is 13.3. The highest BCUT2D eigenvalue weighted by atomic mass is 32.2. The molecule has 0 spiro atoms. The molecule has 2 saturated heterocycles. The second-order valence-electron chi connectivity index (χ2n) is 10.9. The van der Waals surface area contributed by atoms with E-state index in [0.29, 0.717) is 30.3 Å². The van der Waals surface area contributed by atoms with E-state index in [2.05, 4.69) is 27.1 Å². The Hall–Kier alpha value is -3.37. The van der Waals surface area contributed by atoms with Crippen LogP contribution in [0, 0.1) is 11.8 Å². The number of pyridine rings is 1. The van der Waals surface area contributed by atoms with Crippen molar-refractivity contribution >= 4 is 29.4 Å². The van der Waals surface area contributed by atoms with Crippen molar-refractivity contribution in [2.45, 2.75) is 44.3 Å². The molecular formula is C30H38N6O3S. The van der Waals surface area contributed by atoms with Crippen molar-refractivity contribution in [1.29, 1.82) is 0 Å². The summed E-state index contributed by atoms with van der Waals surface area (Å²) in [6.07, 6.45) is 9.24. The number of hydrogen-bond donors (Lipinski definition) is 1. The van der Waals surface area contributed by atoms with E-state index in [9.17, 15) is 9.59 Å². The average Bonchev–Trinajstić information content (AvgIpc) is 3.39. The van der Waals surface area contributed by atoms with Gasteiger partial charge in [-0.3, -0.25) is 9.69 Å². The van der Waals surface area contributed by atoms with Crippen LogP contribution in [-0.4, -0.2) is 68.3 Å². The summed E-state index contributed by atoms with van der Waals surface area (Å²) < 4.78 is 7.51. The van der Waals surface area contributed by atoms with Crippen LogP contribution in [0.4, 0.5) is 10.5 Å². The van der Waals surface area contributed by atoms with Crippen LogP contribution in [0.15, 0.2) is 60.1 Å². The first-order valence-corrected chi connectivity index (χ1v) is 15.1. The maximum Gasteiger partial charge on any atom is 0.416 e. The Morgan fingerprint density at radius 2 is 1.75 bits per heavy atom. The summed E-state index contributed by atoms with van der Waals surface area (Å²) in [5.41, 5.74) is 2.35. The van der Waals surface area contributed by atoms with Gasteiger partial charge < -0.3 is 19.5 Å². The lowest BCUT2D eigenvalue weighted by atomic mass is 9.99. The number of benzene rings is 1. The van der Waals surface area contributed by atoms with E-state index in [0.717, 1.165) is 49.3 Å². The van der Waals surface area contributed by atoms with Gasteiger partial charge in [-0.15, -0.1) is 0 Å². The van der Waals surface area contributed by atoms with Crippen LogP contribution in [0.3, 0.4) is 0 Å². The fourth-order valence-corrected chi connectivity index (χ4v) is 6.20. The molecule has 2 amide bonds. The smallest absolute Gasteiger partial charge is 0.391 e. The van der Waals surface area contributed by atoms with Crippen molar-refractivity contribution in [3.8, 4) is 5.88 Å². The molecule has 9 nitrogen and oxygen atoms in total. The van der Waals surface area contributed by atoms with Crippen molar-refractivity contribution in [2.24, 2.45) is 18.9 Å². The number of piperidine rings is 2. The zero-order valence-electron chi connectivity index (χ0n) is 23.3. The van der Waals surface area contributed by atoms with Crippen molar-refractivity contribution in [2.75, 3.05) is 37.2 Å². The standard InChI is InChI=1S/C30H38N6O3S/c1-22-9-14-35(15-10-22)20-23-3-5-25(6-4-23)28(37)33-26-7-8-27(32-19-26)39-30(38)36-16-11-24(12-17-36)21-40-29-31-13-18-34(29)2/h3-8,13,18-19,22,24H,9-12,14-17,20-21H2,1-2H3,(H,33,37). The number of hydrogen-bond acceptors (Lipinski definition) is 7. The predicted molar refractivity (Wildman–Crippen MR) is 157 cm³/mol. The monoisotopic (exact) mass is 562 g/mol. The topological polar surface area (TPSA) is 92.6 Å². The summed E-state index contributed by atoms with van der Waals surface area (Å²) in [6.45, 7) is 6.82. The van der Waals surface area contributed by atoms with Crippen molar-refractivity contribution < 1.29 is 14.3 Å². The highest BCUT2D eigenvalue weighted by Crippen LogP contribution is 2.26. The molecule has 212 valence electrons. The summed E-state index contributed by atoms with van der Waals surface area (Å²) >= 11 is 1.76. The zero-order chi connectivity index (χ0) is 27.9. The number of amides is 2. The molecule has 1 N–H and O–H groups in total. The van der Waals surface area contributed by atoms with Crippen molar-refractivity contribution in [3.05, 3.63) is 66.1 Å². The number of carbonyl (C=O) groups is 2. The van der Waals surface area contributed by atoms with E-state index in [1.807, 2.05) is 48.3 Å². The van der Waals surface area contributed by atoms with Crippen LogP contribution < -0.4 is 10.1 Å². The molecule has 10 heteroatoms. The first-order chi connectivity index (χ1) is 19.4. The third kappa shape index (κ3) is 7.63. The van der Waals surface area contributed by atoms with Gasteiger partial charge in [0.15, 0.2) is 5.16 Å². The SMILES string of the molecule is CC1CCN(Cc2ccc(C(=O)Nc3ccc(OC(=O)N4CCC(CSc5nccn5C)CC4)nc3)cc2)CC1. The summed E-state index contributed by atoms with van der Waals surface area (Å²) in [6, 6.07) is 11.1. The van der Waals surface area contributed by atoms with Crippen LogP contribution in [0.2, 0.25) is 0 Å². The minimum atomic E-state index is -0.390. The van der Waals surface area contributed by atoms with E-state index in [1.165, 1.54) is 24.6 Å². The summed E-state index contributed by atoms with van der Waals surface area (Å²) in [4.78, 5) is 38.2. The Bertz CT molecular complexity index is 1260. The third-order valence-electron chi connectivity index (χ3n) is 7.78. The van der Waals surface area contributed by atoms with Gasteiger partial charge in [-0.05, 0) is 74.4 Å². The molecule has 2 aliphatic heterocycles. The average molecular weight is 563 g/mol. The molecular weight excluding hydrogens is 524 g/mol. The van der Waals surface area contributed by atoms with Gasteiger partial charge in [0.05, 0.1) is 11.9 Å². The highest BCUT2D eigenvalue weighted by molar-refractivity contribution is 7.99. The number of ether oxygens (including phenoxy) is 1. The molecule has 2 fully saturated rings. The van der Waals surface area contributed by atoms with Gasteiger partial charge in [0, 0.05) is 56.5 Å². The van der Waals surface area contributed by atoms with Crippen LogP contribution in [0.25, 0.3) is 0 Å². The third-order valence-corrected chi connectivity index (χ3v) is 9.07. The fraction of sp³-hybridized carbons (Fsp3) is 0.467. The number of aryl methyl sites for hydroxylation is 1. The van der Waals surface area contributed by atoms with E-state index >= 15 is 0 Å². The molecule has 0 unspecified atom stereocenters. The number of rotatable bonds is 8. The molecule has 0 saturated carbocycles. The summed E-state index contributed by atoms with van der Waals surface area (Å²) in [7, 11) is 2.00. The number of carbonyl (C=O) groups excluding carboxylic acids is 2. The molecule has 2 aromatic heterocycles. The summed E-state index contributed by atoms with van der Waals surface area (Å²) in [5.74, 6) is 2.36. The van der Waals surface area contributed by atoms with Crippen LogP contribution in [0.1, 0.15) is 48.5 Å². The van der Waals surface area contributed by atoms with E-state index in [1.54, 1.807) is 28.8 Å². The molecule has 2 aliphatic rings. The zero-order valence-corrected chi connectivity index (χ0v) is 24.1. The van der Waals surface area contributed by atoms with Crippen molar-refractivity contribution in [1.82, 2.24) is 24.3 Å². The number of nitrogens with one attached hydrogen (secondary N) is 1. The van der Waals surface area contributed by atoms with Crippen molar-refractivity contribution in [3.63, 3.8) is 0 Å². The predicted octanol–water partition coefficient (Wildman–Crippen LogP) is 5.30. The van der Waals surface area contributed by atoms with Gasteiger partial charge in [-0.1, -0.05) is 30.8 Å². The Kier molecular flexibility index (Phi) is 9.38. The molecule has 1 aromatic carbocycles. The van der Waals surface area contributed by atoms with E-state index in [4.69, 9.17) is 4.74 Å². The van der Waals surface area contributed by atoms with Gasteiger partial charge >= 0.3 is 6.09 Å². The summed E-state index contributed by atoms with van der Waals surface area (Å²) in [5, 5.41) is 3.88. The lowest BCUT2D eigenvalue weighted by molar-refractivity contribution is 0.102. The number of likely N-dealkylation sites (tertiary alicyclic amines) is 2. The molecule has 0 atom stereocenters. The maximum atomic E-state index is 12.7. The van der Waals surface area contributed by atoms with Gasteiger partial charge in [-0.2, -0.15) is 0 Å². The molecule has 0 bridgehead atoms. The lowest BCUT2D eigenvalue weighted by Crippen LogP contribution is -2.40. The van der Waals surface area contributed by atoms with Gasteiger partial charge in [0.1, 0.15) is 0 Å². The number of imidazole rings is 1. The van der Waals surface area contributed by atoms with E-state index in [-0.39, 0.29) is 11.8 Å². The molecule has 0 radical (unpaired) electrons. The van der Waals surface area contributed by atoms with Gasteiger partial charge in [-0.25, -0.2) is 14.8 Å². The first-order valence-electron chi connectivity index (χ1n) is 14.1. The van der Waals surface area contributed by atoms with Crippen LogP contribution >= 0.6 is 11.8 Å². The highest BCUT2D eigenvalue weighted by Gasteiger charge is 2.25. The first kappa shape index (κ1) is 28.2. The van der Waals surface area contributed by atoms with Crippen LogP contribution in [-0.2, 0) is 13.6 Å². The maximum absolute atomic E-state index is 12.7. The molecule has 5 rings (SSSR count). The number of aromatic nitrogens is 3. The Morgan fingerprint density at radius 3 is 2.40 bits per heavy atom. The van der Waals surface area contributed by atoms with Gasteiger partial charge in [0.25, 0.3) is 5.91 Å². The molecule has 0 aliphatic carbocycles. The molecule has 3 aromatic rings. The Morgan fingerprint density at radius 1 is 1.00 bits per heavy atom. The lowest BCUT2D eigenvalue weighted by Gasteiger charge is -2.30. The Balaban J connectivity index is 1.04. The minimum absolute atomic E-state index is 0.200. The number of anilines is 1. The fourth-order valence-electron chi connectivity index (χ4n) is 5.08. The molecule has 4 heterocycles. The molecule has 40 heavy (non-hydrogen) atoms. The Labute approximate surface area is 240 Å². The van der Waals surface area contributed by atoms with E-state index < -0.39 is 6.09 Å². The minimum Gasteiger partial charge on any atom is -0.391 e. The van der Waals surface area contributed by atoms with Crippen LogP contribution in [0.5, 0.6) is 5.88 Å². The normalized spacial score (nSPS) is 17.1. The van der Waals surface area contributed by atoms with Gasteiger partial charge in [0.2, 0.25) is 5.88 Å². The quantitative estimate of drug-likeness (QED) is 0.372.